The molecule has 0 fully saturated rings. The van der Waals surface area contributed by atoms with E-state index in [2.05, 4.69) is 15.1 Å². The second kappa shape index (κ2) is 6.10. The van der Waals surface area contributed by atoms with E-state index in [1.807, 2.05) is 38.5 Å². The zero-order chi connectivity index (χ0) is 16.6. The smallest absolute Gasteiger partial charge is 0.299 e. The van der Waals surface area contributed by atoms with Crippen molar-refractivity contribution in [3.63, 3.8) is 0 Å². The Balaban J connectivity index is 2.07. The molecule has 3 aromatic rings. The van der Waals surface area contributed by atoms with Crippen molar-refractivity contribution in [1.29, 1.82) is 0 Å². The van der Waals surface area contributed by atoms with Crippen LogP contribution in [0.5, 0.6) is 0 Å². The van der Waals surface area contributed by atoms with E-state index in [0.29, 0.717) is 10.6 Å². The first kappa shape index (κ1) is 15.6. The number of nitrogens with zero attached hydrogens (tertiary/aromatic N) is 5. The summed E-state index contributed by atoms with van der Waals surface area (Å²) in [6.45, 7) is 3.82. The molecular weight excluding hydrogens is 334 g/mol. The predicted octanol–water partition coefficient (Wildman–Crippen LogP) is 2.68. The predicted molar refractivity (Wildman–Crippen MR) is 89.0 cm³/mol. The van der Waals surface area contributed by atoms with Crippen LogP contribution in [-0.2, 0) is 7.05 Å². The maximum absolute atomic E-state index is 12.4. The number of aromatic nitrogens is 4. The standard InChI is InChI=1S/C15H14ClN5OS/c1-9-8-10(2)21(19-9)12-5-4-11(16)13(17-12)14(22)18-15-20(3)6-7-23-15/h4-8H,1-3H3. The molecule has 0 atom stereocenters. The molecule has 6 nitrogen and oxygen atoms in total. The zero-order valence-corrected chi connectivity index (χ0v) is 14.4. The van der Waals surface area contributed by atoms with Gasteiger partial charge in [-0.05, 0) is 32.0 Å². The van der Waals surface area contributed by atoms with Crippen molar-refractivity contribution in [3.05, 3.63) is 56.7 Å². The monoisotopic (exact) mass is 347 g/mol. The molecule has 0 bridgehead atoms. The molecule has 3 aromatic heterocycles. The SMILES string of the molecule is Cc1cc(C)n(-c2ccc(Cl)c(C(=O)N=c3sccn3C)n2)n1. The quantitative estimate of drug-likeness (QED) is 0.716. The summed E-state index contributed by atoms with van der Waals surface area (Å²) in [6.07, 6.45) is 1.83. The van der Waals surface area contributed by atoms with Crippen molar-refractivity contribution in [2.75, 3.05) is 0 Å². The molecule has 0 aliphatic rings. The number of carbonyl (C=O) groups is 1. The second-order valence-electron chi connectivity index (χ2n) is 5.05. The fourth-order valence-electron chi connectivity index (χ4n) is 2.14. The number of rotatable bonds is 2. The van der Waals surface area contributed by atoms with E-state index in [4.69, 9.17) is 11.6 Å². The van der Waals surface area contributed by atoms with Gasteiger partial charge in [0.25, 0.3) is 5.91 Å². The largest absolute Gasteiger partial charge is 0.327 e. The average molecular weight is 348 g/mol. The van der Waals surface area contributed by atoms with Gasteiger partial charge in [-0.1, -0.05) is 11.6 Å². The molecule has 0 spiro atoms. The Kier molecular flexibility index (Phi) is 4.14. The minimum absolute atomic E-state index is 0.116. The van der Waals surface area contributed by atoms with Crippen LogP contribution in [0.25, 0.3) is 5.82 Å². The maximum Gasteiger partial charge on any atom is 0.299 e. The van der Waals surface area contributed by atoms with Gasteiger partial charge in [0.15, 0.2) is 16.3 Å². The Morgan fingerprint density at radius 3 is 2.74 bits per heavy atom. The maximum atomic E-state index is 12.4. The highest BCUT2D eigenvalue weighted by atomic mass is 35.5. The van der Waals surface area contributed by atoms with Gasteiger partial charge in [-0.2, -0.15) is 10.1 Å². The average Bonchev–Trinajstić information content (AvgIpc) is 3.05. The first-order valence-electron chi connectivity index (χ1n) is 6.85. The van der Waals surface area contributed by atoms with Crippen molar-refractivity contribution in [1.82, 2.24) is 19.3 Å². The van der Waals surface area contributed by atoms with Crippen LogP contribution in [0.15, 0.2) is 34.8 Å². The lowest BCUT2D eigenvalue weighted by Crippen LogP contribution is -2.14. The lowest BCUT2D eigenvalue weighted by atomic mass is 10.3. The van der Waals surface area contributed by atoms with Crippen LogP contribution in [0.1, 0.15) is 21.9 Å². The summed E-state index contributed by atoms with van der Waals surface area (Å²) in [5.74, 6) is 0.0607. The van der Waals surface area contributed by atoms with E-state index < -0.39 is 5.91 Å². The third-order valence-electron chi connectivity index (χ3n) is 3.22. The number of pyridine rings is 1. The van der Waals surface area contributed by atoms with E-state index in [9.17, 15) is 4.79 Å². The minimum Gasteiger partial charge on any atom is -0.327 e. The highest BCUT2D eigenvalue weighted by molar-refractivity contribution is 7.07. The minimum atomic E-state index is -0.476. The summed E-state index contributed by atoms with van der Waals surface area (Å²) in [5.41, 5.74) is 1.92. The van der Waals surface area contributed by atoms with Gasteiger partial charge in [-0.25, -0.2) is 9.67 Å². The van der Waals surface area contributed by atoms with Crippen LogP contribution >= 0.6 is 22.9 Å². The molecule has 0 N–H and O–H groups in total. The van der Waals surface area contributed by atoms with E-state index in [1.54, 1.807) is 21.4 Å². The first-order chi connectivity index (χ1) is 11.0. The number of thiazole rings is 1. The molecule has 0 saturated carbocycles. The van der Waals surface area contributed by atoms with Gasteiger partial charge >= 0.3 is 0 Å². The molecule has 23 heavy (non-hydrogen) atoms. The van der Waals surface area contributed by atoms with Crippen LogP contribution < -0.4 is 4.80 Å². The summed E-state index contributed by atoms with van der Waals surface area (Å²) in [6, 6.07) is 5.30. The van der Waals surface area contributed by atoms with Crippen molar-refractivity contribution in [2.45, 2.75) is 13.8 Å². The van der Waals surface area contributed by atoms with Crippen LogP contribution in [-0.4, -0.2) is 25.2 Å². The van der Waals surface area contributed by atoms with E-state index in [-0.39, 0.29) is 10.7 Å². The van der Waals surface area contributed by atoms with Gasteiger partial charge in [0.1, 0.15) is 0 Å². The normalized spacial score (nSPS) is 11.9. The van der Waals surface area contributed by atoms with Crippen LogP contribution in [0, 0.1) is 13.8 Å². The molecule has 0 aliphatic carbocycles. The second-order valence-corrected chi connectivity index (χ2v) is 6.33. The van der Waals surface area contributed by atoms with Crippen molar-refractivity contribution in [3.8, 4) is 5.82 Å². The van der Waals surface area contributed by atoms with Gasteiger partial charge in [0, 0.05) is 24.3 Å². The highest BCUT2D eigenvalue weighted by Gasteiger charge is 2.15. The third-order valence-corrected chi connectivity index (χ3v) is 4.37. The molecule has 118 valence electrons. The Morgan fingerprint density at radius 1 is 1.35 bits per heavy atom. The molecular formula is C15H14ClN5OS. The number of aryl methyl sites for hydroxylation is 3. The van der Waals surface area contributed by atoms with Gasteiger partial charge in [-0.15, -0.1) is 11.3 Å². The van der Waals surface area contributed by atoms with E-state index >= 15 is 0 Å². The van der Waals surface area contributed by atoms with Crippen LogP contribution in [0.2, 0.25) is 5.02 Å². The molecule has 3 heterocycles. The van der Waals surface area contributed by atoms with E-state index in [1.165, 1.54) is 11.3 Å². The van der Waals surface area contributed by atoms with Crippen LogP contribution in [0.4, 0.5) is 0 Å². The first-order valence-corrected chi connectivity index (χ1v) is 8.11. The highest BCUT2D eigenvalue weighted by Crippen LogP contribution is 2.18. The molecule has 1 amide bonds. The molecule has 0 aromatic carbocycles. The molecule has 0 radical (unpaired) electrons. The number of hydrogen-bond donors (Lipinski definition) is 0. The van der Waals surface area contributed by atoms with E-state index in [0.717, 1.165) is 11.4 Å². The summed E-state index contributed by atoms with van der Waals surface area (Å²) in [7, 11) is 1.82. The number of halogens is 1. The third kappa shape index (κ3) is 3.11. The van der Waals surface area contributed by atoms with Crippen molar-refractivity contribution in [2.24, 2.45) is 12.0 Å². The lowest BCUT2D eigenvalue weighted by Gasteiger charge is -2.06. The van der Waals surface area contributed by atoms with Gasteiger partial charge < -0.3 is 4.57 Å². The lowest BCUT2D eigenvalue weighted by molar-refractivity contribution is 0.0993. The van der Waals surface area contributed by atoms with Crippen molar-refractivity contribution < 1.29 is 4.79 Å². The van der Waals surface area contributed by atoms with Gasteiger partial charge in [0.2, 0.25) is 0 Å². The van der Waals surface area contributed by atoms with Gasteiger partial charge in [-0.3, -0.25) is 4.79 Å². The fraction of sp³-hybridized carbons (Fsp3) is 0.200. The fourth-order valence-corrected chi connectivity index (χ4v) is 3.05. The zero-order valence-electron chi connectivity index (χ0n) is 12.8. The summed E-state index contributed by atoms with van der Waals surface area (Å²) < 4.78 is 3.44. The Labute approximate surface area is 141 Å². The molecule has 0 unspecified atom stereocenters. The Bertz CT molecular complexity index is 953. The van der Waals surface area contributed by atoms with Gasteiger partial charge in [0.05, 0.1) is 10.7 Å². The Hall–Kier alpha value is -2.25. The Morgan fingerprint density at radius 2 is 2.13 bits per heavy atom. The molecule has 0 aliphatic heterocycles. The summed E-state index contributed by atoms with van der Waals surface area (Å²) >= 11 is 7.50. The molecule has 3 rings (SSSR count). The number of amides is 1. The van der Waals surface area contributed by atoms with Crippen molar-refractivity contribution >= 4 is 28.8 Å². The van der Waals surface area contributed by atoms with Crippen LogP contribution in [0.3, 0.4) is 0 Å². The topological polar surface area (TPSA) is 65.1 Å². The number of carbonyl (C=O) groups excluding carboxylic acids is 1. The molecule has 0 saturated heterocycles. The number of hydrogen-bond acceptors (Lipinski definition) is 4. The molecule has 8 heteroatoms. The summed E-state index contributed by atoms with van der Waals surface area (Å²) in [5, 5.41) is 6.49. The summed E-state index contributed by atoms with van der Waals surface area (Å²) in [4.78, 5) is 21.4.